The van der Waals surface area contributed by atoms with E-state index in [1.165, 1.54) is 24.8 Å². The van der Waals surface area contributed by atoms with Gasteiger partial charge in [-0.2, -0.15) is 5.10 Å². The van der Waals surface area contributed by atoms with Crippen LogP contribution in [0.25, 0.3) is 11.5 Å². The first-order valence-corrected chi connectivity index (χ1v) is 9.15. The molecule has 2 aromatic heterocycles. The van der Waals surface area contributed by atoms with Crippen LogP contribution in [0, 0.1) is 5.82 Å². The molecule has 0 bridgehead atoms. The third kappa shape index (κ3) is 3.13. The zero-order valence-electron chi connectivity index (χ0n) is 16.6. The van der Waals surface area contributed by atoms with Gasteiger partial charge in [0.2, 0.25) is 11.8 Å². The van der Waals surface area contributed by atoms with Crippen LogP contribution in [0.2, 0.25) is 0 Å². The average molecular weight is 426 g/mol. The topological polar surface area (TPSA) is 163 Å². The summed E-state index contributed by atoms with van der Waals surface area (Å²) in [7, 11) is 1.45. The van der Waals surface area contributed by atoms with Crippen LogP contribution in [0.4, 0.5) is 16.0 Å². The zero-order valence-corrected chi connectivity index (χ0v) is 16.6. The molecule has 6 N–H and O–H groups in total. The highest BCUT2D eigenvalue weighted by Crippen LogP contribution is 2.40. The molecule has 1 aromatic carbocycles. The summed E-state index contributed by atoms with van der Waals surface area (Å²) in [6.07, 6.45) is 0. The second-order valence-corrected chi connectivity index (χ2v) is 7.03. The quantitative estimate of drug-likeness (QED) is 0.196. The Kier molecular flexibility index (Phi) is 4.78. The number of hydrogen-bond donors (Lipinski definition) is 4. The first kappa shape index (κ1) is 20.2. The van der Waals surface area contributed by atoms with Crippen LogP contribution in [0.3, 0.4) is 0 Å². The molecule has 1 unspecified atom stereocenters. The third-order valence-electron chi connectivity index (χ3n) is 5.17. The number of anilines is 2. The molecule has 1 aliphatic heterocycles. The summed E-state index contributed by atoms with van der Waals surface area (Å²) in [6, 6.07) is 7.87. The lowest BCUT2D eigenvalue weighted by molar-refractivity contribution is -0.133. The fraction of sp³-hybridized carbons (Fsp3) is 0.211. The van der Waals surface area contributed by atoms with Gasteiger partial charge in [-0.05, 0) is 13.0 Å². The van der Waals surface area contributed by atoms with Gasteiger partial charge in [-0.1, -0.05) is 18.2 Å². The maximum Gasteiger partial charge on any atom is 0.254 e. The Morgan fingerprint density at radius 3 is 2.77 bits per heavy atom. The molecular formula is C19H19FN8O3. The summed E-state index contributed by atoms with van der Waals surface area (Å²) >= 11 is 0. The van der Waals surface area contributed by atoms with Crippen LogP contribution in [0.1, 0.15) is 18.1 Å². The van der Waals surface area contributed by atoms with Crippen LogP contribution in [-0.2, 0) is 21.5 Å². The number of nitrogen functional groups attached to an aromatic ring is 1. The molecule has 0 fully saturated rings. The number of methoxy groups -OCH3 is 1. The van der Waals surface area contributed by atoms with Crippen LogP contribution in [0.5, 0.6) is 5.88 Å². The zero-order chi connectivity index (χ0) is 22.3. The maximum absolute atomic E-state index is 14.0. The van der Waals surface area contributed by atoms with E-state index < -0.39 is 17.2 Å². The second-order valence-electron chi connectivity index (χ2n) is 7.03. The van der Waals surface area contributed by atoms with Crippen LogP contribution in [-0.4, -0.2) is 38.7 Å². The van der Waals surface area contributed by atoms with E-state index >= 15 is 0 Å². The molecule has 0 radical (unpaired) electrons. The van der Waals surface area contributed by atoms with Crippen molar-refractivity contribution in [2.75, 3.05) is 18.2 Å². The predicted octanol–water partition coefficient (Wildman–Crippen LogP) is 0.318. The van der Waals surface area contributed by atoms with Gasteiger partial charge >= 0.3 is 0 Å². The van der Waals surface area contributed by atoms with Gasteiger partial charge < -0.3 is 15.8 Å². The summed E-state index contributed by atoms with van der Waals surface area (Å²) < 4.78 is 20.8. The average Bonchev–Trinajstić information content (AvgIpc) is 3.28. The van der Waals surface area contributed by atoms with Crippen molar-refractivity contribution < 1.29 is 18.7 Å². The molecule has 0 aliphatic carbocycles. The Labute approximate surface area is 175 Å². The number of nitrogens with one attached hydrogen (secondary N) is 2. The number of aromatic nitrogens is 4. The Bertz CT molecular complexity index is 1210. The molecule has 0 saturated heterocycles. The van der Waals surface area contributed by atoms with Crippen molar-refractivity contribution in [1.29, 1.82) is 0 Å². The van der Waals surface area contributed by atoms with E-state index in [0.717, 1.165) is 0 Å². The molecule has 1 atom stereocenters. The predicted molar refractivity (Wildman–Crippen MR) is 108 cm³/mol. The van der Waals surface area contributed by atoms with E-state index in [0.29, 0.717) is 11.4 Å². The lowest BCUT2D eigenvalue weighted by atomic mass is 9.83. The molecular weight excluding hydrogens is 407 g/mol. The number of benzene rings is 1. The number of carbonyl (C=O) groups is 2. The van der Waals surface area contributed by atoms with Crippen molar-refractivity contribution in [3.05, 3.63) is 47.3 Å². The normalized spacial score (nSPS) is 17.2. The molecule has 3 heterocycles. The fourth-order valence-corrected chi connectivity index (χ4v) is 3.46. The fourth-order valence-electron chi connectivity index (χ4n) is 3.46. The number of halogens is 1. The van der Waals surface area contributed by atoms with Crippen molar-refractivity contribution in [2.24, 2.45) is 5.84 Å². The highest BCUT2D eigenvalue weighted by Gasteiger charge is 2.52. The maximum atomic E-state index is 14.0. The summed E-state index contributed by atoms with van der Waals surface area (Å²) in [5.74, 6) is 3.91. The summed E-state index contributed by atoms with van der Waals surface area (Å²) in [5.41, 5.74) is 7.20. The highest BCUT2D eigenvalue weighted by molar-refractivity contribution is 6.20. The van der Waals surface area contributed by atoms with Gasteiger partial charge in [0.1, 0.15) is 23.1 Å². The van der Waals surface area contributed by atoms with E-state index in [2.05, 4.69) is 20.4 Å². The molecule has 4 rings (SSSR count). The van der Waals surface area contributed by atoms with Crippen molar-refractivity contribution in [3.63, 3.8) is 0 Å². The van der Waals surface area contributed by atoms with Gasteiger partial charge in [-0.3, -0.25) is 15.0 Å². The summed E-state index contributed by atoms with van der Waals surface area (Å²) in [5, 5.41) is 6.93. The van der Waals surface area contributed by atoms with Crippen molar-refractivity contribution in [1.82, 2.24) is 25.2 Å². The summed E-state index contributed by atoms with van der Waals surface area (Å²) in [4.78, 5) is 33.2. The molecule has 31 heavy (non-hydrogen) atoms. The Balaban J connectivity index is 1.76. The Hall–Kier alpha value is -4.06. The minimum atomic E-state index is -1.67. The van der Waals surface area contributed by atoms with Gasteiger partial charge in [0.15, 0.2) is 11.2 Å². The van der Waals surface area contributed by atoms with E-state index in [9.17, 15) is 14.0 Å². The minimum Gasteiger partial charge on any atom is -0.481 e. The SMILES string of the molecule is COc1cc(-c2nc(N)c3c(n2)NC(=O)C3(C)C(=O)NN)nn1Cc1ccccc1F. The lowest BCUT2D eigenvalue weighted by Gasteiger charge is -2.20. The lowest BCUT2D eigenvalue weighted by Crippen LogP contribution is -2.49. The van der Waals surface area contributed by atoms with Crippen LogP contribution in [0.15, 0.2) is 30.3 Å². The van der Waals surface area contributed by atoms with Crippen LogP contribution >= 0.6 is 0 Å². The van der Waals surface area contributed by atoms with Gasteiger partial charge in [0, 0.05) is 11.6 Å². The molecule has 3 aromatic rings. The van der Waals surface area contributed by atoms with Crippen molar-refractivity contribution in [2.45, 2.75) is 18.9 Å². The molecule has 0 spiro atoms. The number of fused-ring (bicyclic) bond motifs is 1. The second kappa shape index (κ2) is 7.32. The smallest absolute Gasteiger partial charge is 0.254 e. The van der Waals surface area contributed by atoms with Crippen molar-refractivity contribution >= 4 is 23.5 Å². The van der Waals surface area contributed by atoms with Gasteiger partial charge in [-0.25, -0.2) is 24.9 Å². The molecule has 2 amide bonds. The molecule has 12 heteroatoms. The van der Waals surface area contributed by atoms with Gasteiger partial charge in [0.25, 0.3) is 5.91 Å². The number of rotatable bonds is 5. The van der Waals surface area contributed by atoms with Crippen molar-refractivity contribution in [3.8, 4) is 17.4 Å². The first-order valence-electron chi connectivity index (χ1n) is 9.15. The largest absolute Gasteiger partial charge is 0.481 e. The van der Waals surface area contributed by atoms with Crippen LogP contribution < -0.4 is 27.1 Å². The number of nitrogens with zero attached hydrogens (tertiary/aromatic N) is 4. The van der Waals surface area contributed by atoms with Gasteiger partial charge in [0.05, 0.1) is 19.2 Å². The Morgan fingerprint density at radius 1 is 1.35 bits per heavy atom. The minimum absolute atomic E-state index is 0.0768. The first-order chi connectivity index (χ1) is 14.8. The number of hydrazine groups is 1. The van der Waals surface area contributed by atoms with E-state index in [1.807, 2.05) is 5.43 Å². The number of carbonyl (C=O) groups excluding carboxylic acids is 2. The molecule has 1 aliphatic rings. The van der Waals surface area contributed by atoms with E-state index in [4.69, 9.17) is 16.3 Å². The number of amides is 2. The number of ether oxygens (including phenoxy) is 1. The summed E-state index contributed by atoms with van der Waals surface area (Å²) in [6.45, 7) is 1.49. The van der Waals surface area contributed by atoms with E-state index in [-0.39, 0.29) is 41.1 Å². The standard InChI is InChI=1S/C19H19FN8O3/c1-19(18(30)26-22)13-14(21)23-15(24-16(13)25-17(19)29)11-7-12(31-2)28(27-11)8-9-5-3-4-6-10(9)20/h3-7H,8,22H2,1-2H3,(H,26,30)(H3,21,23,24,25,29). The molecule has 0 saturated carbocycles. The highest BCUT2D eigenvalue weighted by atomic mass is 19.1. The third-order valence-corrected chi connectivity index (χ3v) is 5.17. The number of nitrogens with two attached hydrogens (primary N) is 2. The monoisotopic (exact) mass is 426 g/mol. The molecule has 160 valence electrons. The van der Waals surface area contributed by atoms with E-state index in [1.54, 1.807) is 24.3 Å². The number of hydrogen-bond acceptors (Lipinski definition) is 8. The molecule has 11 nitrogen and oxygen atoms in total. The van der Waals surface area contributed by atoms with Gasteiger partial charge in [-0.15, -0.1) is 0 Å². The Morgan fingerprint density at radius 2 is 2.10 bits per heavy atom.